The zero-order chi connectivity index (χ0) is 10.1. The highest BCUT2D eigenvalue weighted by atomic mass is 16.1. The monoisotopic (exact) mass is 186 g/mol. The summed E-state index contributed by atoms with van der Waals surface area (Å²) in [5, 5.41) is 2.91. The number of unbranched alkanes of at least 4 members (excludes halogenated alkanes) is 2. The zero-order valence-electron chi connectivity index (χ0n) is 8.81. The van der Waals surface area contributed by atoms with Gasteiger partial charge in [-0.15, -0.1) is 0 Å². The fourth-order valence-corrected chi connectivity index (χ4v) is 1.16. The fraction of sp³-hybridized carbons (Fsp3) is 0.900. The number of carbonyl (C=O) groups is 1. The lowest BCUT2D eigenvalue weighted by atomic mass is 10.1. The van der Waals surface area contributed by atoms with Crippen molar-refractivity contribution in [1.29, 1.82) is 0 Å². The van der Waals surface area contributed by atoms with Crippen LogP contribution in [0.25, 0.3) is 0 Å². The number of amides is 1. The molecular formula is C10H22N2O. The molecule has 0 aromatic heterocycles. The van der Waals surface area contributed by atoms with E-state index in [0.717, 1.165) is 25.7 Å². The van der Waals surface area contributed by atoms with Gasteiger partial charge in [-0.2, -0.15) is 0 Å². The van der Waals surface area contributed by atoms with Crippen molar-refractivity contribution in [3.05, 3.63) is 0 Å². The van der Waals surface area contributed by atoms with Gasteiger partial charge in [0.2, 0.25) is 5.91 Å². The molecule has 3 nitrogen and oxygen atoms in total. The van der Waals surface area contributed by atoms with Crippen LogP contribution >= 0.6 is 0 Å². The van der Waals surface area contributed by atoms with Gasteiger partial charge in [0.1, 0.15) is 0 Å². The molecule has 0 aromatic carbocycles. The van der Waals surface area contributed by atoms with Gasteiger partial charge in [-0.3, -0.25) is 4.79 Å². The maximum Gasteiger partial charge on any atom is 0.220 e. The molecule has 1 unspecified atom stereocenters. The Bertz CT molecular complexity index is 133. The van der Waals surface area contributed by atoms with E-state index in [0.29, 0.717) is 13.0 Å². The number of hydrogen-bond donors (Lipinski definition) is 2. The van der Waals surface area contributed by atoms with Crippen LogP contribution in [0.15, 0.2) is 0 Å². The minimum Gasteiger partial charge on any atom is -0.352 e. The van der Waals surface area contributed by atoms with Gasteiger partial charge in [0.05, 0.1) is 0 Å². The molecule has 0 aliphatic rings. The average Bonchev–Trinajstić information content (AvgIpc) is 2.14. The van der Waals surface area contributed by atoms with Crippen LogP contribution in [0.1, 0.15) is 46.0 Å². The van der Waals surface area contributed by atoms with E-state index in [9.17, 15) is 4.79 Å². The normalized spacial score (nSPS) is 12.5. The molecule has 78 valence electrons. The number of carbonyl (C=O) groups excluding carboxylic acids is 1. The summed E-state index contributed by atoms with van der Waals surface area (Å²) in [7, 11) is 0. The van der Waals surface area contributed by atoms with Crippen LogP contribution in [-0.4, -0.2) is 18.5 Å². The summed E-state index contributed by atoms with van der Waals surface area (Å²) in [6.07, 6.45) is 4.83. The van der Waals surface area contributed by atoms with Crippen molar-refractivity contribution in [1.82, 2.24) is 5.32 Å². The number of nitrogens with two attached hydrogens (primary N) is 1. The van der Waals surface area contributed by atoms with Gasteiger partial charge in [0.25, 0.3) is 0 Å². The third-order valence-corrected chi connectivity index (χ3v) is 2.15. The lowest BCUT2D eigenvalue weighted by Crippen LogP contribution is -2.39. The van der Waals surface area contributed by atoms with Gasteiger partial charge < -0.3 is 11.1 Å². The second kappa shape index (κ2) is 8.05. The van der Waals surface area contributed by atoms with Gasteiger partial charge in [0.15, 0.2) is 0 Å². The maximum atomic E-state index is 11.3. The van der Waals surface area contributed by atoms with E-state index < -0.39 is 0 Å². The van der Waals surface area contributed by atoms with E-state index in [-0.39, 0.29) is 11.9 Å². The zero-order valence-corrected chi connectivity index (χ0v) is 8.81. The van der Waals surface area contributed by atoms with Gasteiger partial charge in [-0.1, -0.05) is 26.7 Å². The van der Waals surface area contributed by atoms with E-state index in [1.165, 1.54) is 0 Å². The van der Waals surface area contributed by atoms with Crippen LogP contribution in [0, 0.1) is 0 Å². The first kappa shape index (κ1) is 12.4. The van der Waals surface area contributed by atoms with E-state index in [2.05, 4.69) is 12.2 Å². The molecule has 3 heteroatoms. The molecule has 0 spiro atoms. The second-order valence-corrected chi connectivity index (χ2v) is 3.37. The molecular weight excluding hydrogens is 164 g/mol. The molecule has 0 heterocycles. The lowest BCUT2D eigenvalue weighted by molar-refractivity contribution is -0.121. The minimum absolute atomic E-state index is 0.144. The van der Waals surface area contributed by atoms with E-state index in [4.69, 9.17) is 5.73 Å². The molecule has 0 saturated carbocycles. The third kappa shape index (κ3) is 6.58. The lowest BCUT2D eigenvalue weighted by Gasteiger charge is -2.14. The minimum atomic E-state index is 0.144. The molecule has 0 aliphatic carbocycles. The topological polar surface area (TPSA) is 55.1 Å². The summed E-state index contributed by atoms with van der Waals surface area (Å²) in [6.45, 7) is 4.70. The Kier molecular flexibility index (Phi) is 7.69. The predicted octanol–water partition coefficient (Wildman–Crippen LogP) is 1.42. The van der Waals surface area contributed by atoms with Crippen molar-refractivity contribution < 1.29 is 4.79 Å². The highest BCUT2D eigenvalue weighted by Crippen LogP contribution is 1.99. The Morgan fingerprint density at radius 1 is 1.38 bits per heavy atom. The summed E-state index contributed by atoms with van der Waals surface area (Å²) in [6, 6.07) is 0.161. The van der Waals surface area contributed by atoms with Crippen LogP contribution in [-0.2, 0) is 4.79 Å². The first-order valence-electron chi connectivity index (χ1n) is 5.24. The third-order valence-electron chi connectivity index (χ3n) is 2.15. The molecule has 0 rings (SSSR count). The standard InChI is InChI=1S/C10H22N2O/c1-3-5-6-7-10(13)12-9(4-2)8-11/h9H,3-8,11H2,1-2H3,(H,12,13). The van der Waals surface area contributed by atoms with Crippen molar-refractivity contribution in [3.8, 4) is 0 Å². The Labute approximate surface area is 81.1 Å². The molecule has 0 aliphatic heterocycles. The maximum absolute atomic E-state index is 11.3. The molecule has 0 bridgehead atoms. The first-order chi connectivity index (χ1) is 6.24. The Morgan fingerprint density at radius 3 is 2.54 bits per heavy atom. The Morgan fingerprint density at radius 2 is 2.08 bits per heavy atom. The summed E-state index contributed by atoms with van der Waals surface area (Å²) in [5.41, 5.74) is 5.47. The van der Waals surface area contributed by atoms with Gasteiger partial charge >= 0.3 is 0 Å². The number of rotatable bonds is 7. The molecule has 0 saturated heterocycles. The van der Waals surface area contributed by atoms with E-state index in [1.54, 1.807) is 0 Å². The van der Waals surface area contributed by atoms with E-state index >= 15 is 0 Å². The van der Waals surface area contributed by atoms with E-state index in [1.807, 2.05) is 6.92 Å². The molecule has 1 atom stereocenters. The average molecular weight is 186 g/mol. The number of nitrogens with one attached hydrogen (secondary N) is 1. The SMILES string of the molecule is CCCCCC(=O)NC(CC)CN. The molecule has 3 N–H and O–H groups in total. The fourth-order valence-electron chi connectivity index (χ4n) is 1.16. The molecule has 0 fully saturated rings. The van der Waals surface area contributed by atoms with Crippen molar-refractivity contribution in [2.75, 3.05) is 6.54 Å². The summed E-state index contributed by atoms with van der Waals surface area (Å²) in [5.74, 6) is 0.144. The quantitative estimate of drug-likeness (QED) is 0.591. The molecule has 0 aromatic rings. The second-order valence-electron chi connectivity index (χ2n) is 3.37. The highest BCUT2D eigenvalue weighted by molar-refractivity contribution is 5.76. The smallest absolute Gasteiger partial charge is 0.220 e. The highest BCUT2D eigenvalue weighted by Gasteiger charge is 2.07. The van der Waals surface area contributed by atoms with Crippen molar-refractivity contribution in [3.63, 3.8) is 0 Å². The van der Waals surface area contributed by atoms with Crippen LogP contribution < -0.4 is 11.1 Å². The largest absolute Gasteiger partial charge is 0.352 e. The Balaban J connectivity index is 3.48. The van der Waals surface area contributed by atoms with Crippen LogP contribution in [0.5, 0.6) is 0 Å². The summed E-state index contributed by atoms with van der Waals surface area (Å²) >= 11 is 0. The predicted molar refractivity (Wildman–Crippen MR) is 55.4 cm³/mol. The Hall–Kier alpha value is -0.570. The van der Waals surface area contributed by atoms with Crippen LogP contribution in [0.2, 0.25) is 0 Å². The first-order valence-corrected chi connectivity index (χ1v) is 5.24. The van der Waals surface area contributed by atoms with Crippen molar-refractivity contribution in [2.45, 2.75) is 52.0 Å². The van der Waals surface area contributed by atoms with Gasteiger partial charge in [-0.25, -0.2) is 0 Å². The molecule has 1 amide bonds. The van der Waals surface area contributed by atoms with Crippen molar-refractivity contribution >= 4 is 5.91 Å². The van der Waals surface area contributed by atoms with Gasteiger partial charge in [-0.05, 0) is 12.8 Å². The molecule has 13 heavy (non-hydrogen) atoms. The summed E-state index contributed by atoms with van der Waals surface area (Å²) < 4.78 is 0. The van der Waals surface area contributed by atoms with Crippen LogP contribution in [0.3, 0.4) is 0 Å². The van der Waals surface area contributed by atoms with Crippen LogP contribution in [0.4, 0.5) is 0 Å². The van der Waals surface area contributed by atoms with Crippen molar-refractivity contribution in [2.24, 2.45) is 5.73 Å². The summed E-state index contributed by atoms with van der Waals surface area (Å²) in [4.78, 5) is 11.3. The molecule has 0 radical (unpaired) electrons. The number of hydrogen-bond acceptors (Lipinski definition) is 2. The van der Waals surface area contributed by atoms with Gasteiger partial charge in [0, 0.05) is 19.0 Å².